The number of ether oxygens (including phenoxy) is 1. The van der Waals surface area contributed by atoms with E-state index < -0.39 is 5.97 Å². The molecule has 0 fully saturated rings. The molecule has 1 N–H and O–H groups in total. The summed E-state index contributed by atoms with van der Waals surface area (Å²) in [5, 5.41) is 9.17. The van der Waals surface area contributed by atoms with E-state index in [2.05, 4.69) is 20.9 Å². The standard InChI is InChI=1S/C11H8BrNO3S/c1-6-2-4-7(5-3-6)16-11-13-9(12)8(17-11)10(14)15/h2-5H,1H3,(H,14,15). The second kappa shape index (κ2) is 4.85. The number of aromatic nitrogens is 1. The van der Waals surface area contributed by atoms with E-state index in [1.807, 2.05) is 31.2 Å². The molecule has 1 aromatic carbocycles. The summed E-state index contributed by atoms with van der Waals surface area (Å²) in [5.41, 5.74) is 1.13. The number of hydrogen-bond donors (Lipinski definition) is 1. The Morgan fingerprint density at radius 1 is 1.41 bits per heavy atom. The maximum Gasteiger partial charge on any atom is 0.348 e. The molecule has 1 heterocycles. The van der Waals surface area contributed by atoms with Gasteiger partial charge in [-0.1, -0.05) is 29.0 Å². The Morgan fingerprint density at radius 3 is 2.59 bits per heavy atom. The molecule has 0 aliphatic carbocycles. The van der Waals surface area contributed by atoms with Crippen molar-refractivity contribution < 1.29 is 14.6 Å². The normalized spacial score (nSPS) is 10.2. The summed E-state index contributed by atoms with van der Waals surface area (Å²) in [6.07, 6.45) is 0. The summed E-state index contributed by atoms with van der Waals surface area (Å²) >= 11 is 4.07. The third-order valence-corrected chi connectivity index (χ3v) is 3.74. The molecule has 0 bridgehead atoms. The molecule has 88 valence electrons. The van der Waals surface area contributed by atoms with Crippen molar-refractivity contribution in [3.05, 3.63) is 39.3 Å². The van der Waals surface area contributed by atoms with E-state index in [-0.39, 0.29) is 9.48 Å². The number of thiazole rings is 1. The Hall–Kier alpha value is -1.40. The SMILES string of the molecule is Cc1ccc(Oc2nc(Br)c(C(=O)O)s2)cc1. The summed E-state index contributed by atoms with van der Waals surface area (Å²) in [7, 11) is 0. The minimum Gasteiger partial charge on any atom is -0.477 e. The number of carboxylic acids is 1. The Morgan fingerprint density at radius 2 is 2.06 bits per heavy atom. The number of aromatic carboxylic acids is 1. The number of benzene rings is 1. The predicted molar refractivity (Wildman–Crippen MR) is 68.0 cm³/mol. The van der Waals surface area contributed by atoms with Crippen LogP contribution in [0.3, 0.4) is 0 Å². The highest BCUT2D eigenvalue weighted by Crippen LogP contribution is 2.32. The molecule has 2 aromatic rings. The molecule has 0 aliphatic rings. The zero-order valence-electron chi connectivity index (χ0n) is 8.81. The fourth-order valence-electron chi connectivity index (χ4n) is 1.17. The summed E-state index contributed by atoms with van der Waals surface area (Å²) in [6, 6.07) is 7.45. The lowest BCUT2D eigenvalue weighted by Crippen LogP contribution is -1.91. The van der Waals surface area contributed by atoms with Crippen LogP contribution >= 0.6 is 27.3 Å². The first kappa shape index (κ1) is 12.1. The highest BCUT2D eigenvalue weighted by molar-refractivity contribution is 9.10. The van der Waals surface area contributed by atoms with Crippen LogP contribution in [0.2, 0.25) is 0 Å². The Labute approximate surface area is 110 Å². The molecule has 6 heteroatoms. The van der Waals surface area contributed by atoms with E-state index in [9.17, 15) is 4.79 Å². The van der Waals surface area contributed by atoms with Crippen molar-refractivity contribution in [2.24, 2.45) is 0 Å². The monoisotopic (exact) mass is 313 g/mol. The topological polar surface area (TPSA) is 59.4 Å². The molecule has 1 aromatic heterocycles. The van der Waals surface area contributed by atoms with E-state index in [1.54, 1.807) is 0 Å². The summed E-state index contributed by atoms with van der Waals surface area (Å²) in [5.74, 6) is -0.387. The van der Waals surface area contributed by atoms with Crippen molar-refractivity contribution in [3.63, 3.8) is 0 Å². The maximum absolute atomic E-state index is 10.8. The van der Waals surface area contributed by atoms with E-state index in [0.717, 1.165) is 16.9 Å². The number of nitrogens with zero attached hydrogens (tertiary/aromatic N) is 1. The van der Waals surface area contributed by atoms with E-state index in [0.29, 0.717) is 10.9 Å². The lowest BCUT2D eigenvalue weighted by molar-refractivity contribution is 0.0701. The second-order valence-corrected chi connectivity index (χ2v) is 5.03. The first-order valence-electron chi connectivity index (χ1n) is 4.70. The van der Waals surface area contributed by atoms with Gasteiger partial charge in [0.05, 0.1) is 0 Å². The molecule has 0 amide bonds. The lowest BCUT2D eigenvalue weighted by atomic mass is 10.2. The van der Waals surface area contributed by atoms with Crippen LogP contribution in [-0.4, -0.2) is 16.1 Å². The van der Waals surface area contributed by atoms with Crippen LogP contribution in [0.5, 0.6) is 10.9 Å². The van der Waals surface area contributed by atoms with Crippen LogP contribution in [0.25, 0.3) is 0 Å². The summed E-state index contributed by atoms with van der Waals surface area (Å²) in [4.78, 5) is 14.9. The largest absolute Gasteiger partial charge is 0.477 e. The van der Waals surface area contributed by atoms with Gasteiger partial charge in [0.15, 0.2) is 0 Å². The molecular weight excluding hydrogens is 306 g/mol. The smallest absolute Gasteiger partial charge is 0.348 e. The highest BCUT2D eigenvalue weighted by Gasteiger charge is 2.16. The molecule has 0 unspecified atom stereocenters. The van der Waals surface area contributed by atoms with Crippen molar-refractivity contribution >= 4 is 33.2 Å². The second-order valence-electron chi connectivity index (χ2n) is 3.32. The third-order valence-electron chi connectivity index (χ3n) is 1.99. The molecule has 4 nitrogen and oxygen atoms in total. The fourth-order valence-corrected chi connectivity index (χ4v) is 2.52. The van der Waals surface area contributed by atoms with Crippen LogP contribution < -0.4 is 4.74 Å². The van der Waals surface area contributed by atoms with Gasteiger partial charge >= 0.3 is 5.97 Å². The van der Waals surface area contributed by atoms with Gasteiger partial charge in [0, 0.05) is 0 Å². The molecule has 0 saturated carbocycles. The van der Waals surface area contributed by atoms with E-state index in [1.165, 1.54) is 0 Å². The third kappa shape index (κ3) is 2.83. The first-order chi connectivity index (χ1) is 8.06. The molecule has 2 rings (SSSR count). The number of carboxylic acid groups (broad SMARTS) is 1. The Balaban J connectivity index is 2.22. The van der Waals surface area contributed by atoms with Gasteiger partial charge in [-0.25, -0.2) is 4.79 Å². The molecule has 0 atom stereocenters. The van der Waals surface area contributed by atoms with Gasteiger partial charge in [0.1, 0.15) is 15.2 Å². The quantitative estimate of drug-likeness (QED) is 0.938. The molecule has 0 aliphatic heterocycles. The number of rotatable bonds is 3. The minimum absolute atomic E-state index is 0.132. The fraction of sp³-hybridized carbons (Fsp3) is 0.0909. The number of halogens is 1. The van der Waals surface area contributed by atoms with Crippen LogP contribution in [-0.2, 0) is 0 Å². The van der Waals surface area contributed by atoms with Gasteiger partial charge in [0.2, 0.25) is 0 Å². The average molecular weight is 314 g/mol. The summed E-state index contributed by atoms with van der Waals surface area (Å²) < 4.78 is 5.75. The van der Waals surface area contributed by atoms with Gasteiger partial charge in [-0.3, -0.25) is 0 Å². The van der Waals surface area contributed by atoms with Gasteiger partial charge in [-0.2, -0.15) is 4.98 Å². The molecule has 0 radical (unpaired) electrons. The molecular formula is C11H8BrNO3S. The van der Waals surface area contributed by atoms with Crippen molar-refractivity contribution in [2.75, 3.05) is 0 Å². The molecule has 17 heavy (non-hydrogen) atoms. The summed E-state index contributed by atoms with van der Waals surface area (Å²) in [6.45, 7) is 1.98. The van der Waals surface area contributed by atoms with Crippen LogP contribution in [0.4, 0.5) is 0 Å². The Kier molecular flexibility index (Phi) is 3.44. The van der Waals surface area contributed by atoms with Gasteiger partial charge in [-0.05, 0) is 35.0 Å². The van der Waals surface area contributed by atoms with Crippen LogP contribution in [0.15, 0.2) is 28.9 Å². The van der Waals surface area contributed by atoms with E-state index in [4.69, 9.17) is 9.84 Å². The zero-order valence-corrected chi connectivity index (χ0v) is 11.2. The van der Waals surface area contributed by atoms with Crippen molar-refractivity contribution in [3.8, 4) is 10.9 Å². The number of carbonyl (C=O) groups is 1. The zero-order chi connectivity index (χ0) is 12.4. The first-order valence-corrected chi connectivity index (χ1v) is 6.31. The highest BCUT2D eigenvalue weighted by atomic mass is 79.9. The molecule has 0 spiro atoms. The maximum atomic E-state index is 10.8. The van der Waals surface area contributed by atoms with E-state index >= 15 is 0 Å². The predicted octanol–water partition coefficient (Wildman–Crippen LogP) is 3.70. The molecule has 0 saturated heterocycles. The van der Waals surface area contributed by atoms with Crippen molar-refractivity contribution in [2.45, 2.75) is 6.92 Å². The van der Waals surface area contributed by atoms with Crippen molar-refractivity contribution in [1.82, 2.24) is 4.98 Å². The average Bonchev–Trinajstić information content (AvgIpc) is 2.63. The van der Waals surface area contributed by atoms with Crippen molar-refractivity contribution in [1.29, 1.82) is 0 Å². The minimum atomic E-state index is -1.02. The van der Waals surface area contributed by atoms with Gasteiger partial charge < -0.3 is 9.84 Å². The van der Waals surface area contributed by atoms with Crippen LogP contribution in [0.1, 0.15) is 15.2 Å². The number of hydrogen-bond acceptors (Lipinski definition) is 4. The van der Waals surface area contributed by atoms with Crippen LogP contribution in [0, 0.1) is 6.92 Å². The van der Waals surface area contributed by atoms with Gasteiger partial charge in [-0.15, -0.1) is 0 Å². The van der Waals surface area contributed by atoms with Gasteiger partial charge in [0.25, 0.3) is 5.19 Å². The number of aryl methyl sites for hydroxylation is 1. The Bertz CT molecular complexity index is 550. The lowest BCUT2D eigenvalue weighted by Gasteiger charge is -2.00.